The minimum atomic E-state index is -0.126. The maximum Gasteiger partial charge on any atom is 0.315 e. The van der Waals surface area contributed by atoms with Crippen LogP contribution in [0.15, 0.2) is 54.6 Å². The fourth-order valence-corrected chi connectivity index (χ4v) is 2.08. The minimum absolute atomic E-state index is 0.00632. The highest BCUT2D eigenvalue weighted by atomic mass is 16.5. The Morgan fingerprint density at radius 3 is 2.53 bits per heavy atom. The highest BCUT2D eigenvalue weighted by molar-refractivity contribution is 5.76. The van der Waals surface area contributed by atoms with Crippen molar-refractivity contribution in [1.82, 2.24) is 10.6 Å². The lowest BCUT2D eigenvalue weighted by atomic mass is 10.1. The molecule has 1 fully saturated rings. The van der Waals surface area contributed by atoms with Gasteiger partial charge in [0.15, 0.2) is 0 Å². The summed E-state index contributed by atoms with van der Waals surface area (Å²) in [6.45, 7) is 0.605. The van der Waals surface area contributed by atoms with Crippen LogP contribution in [0.25, 0.3) is 0 Å². The molecule has 4 heteroatoms. The number of hydrogen-bond acceptors (Lipinski definition) is 2. The van der Waals surface area contributed by atoms with Crippen LogP contribution in [0, 0.1) is 0 Å². The summed E-state index contributed by atoms with van der Waals surface area (Å²) in [5.41, 5.74) is 1.03. The average molecular weight is 254 g/mol. The van der Waals surface area contributed by atoms with Gasteiger partial charge in [0, 0.05) is 6.54 Å². The van der Waals surface area contributed by atoms with Crippen LogP contribution in [0.1, 0.15) is 11.6 Å². The minimum Gasteiger partial charge on any atom is -0.457 e. The largest absolute Gasteiger partial charge is 0.457 e. The number of para-hydroxylation sites is 1. The summed E-state index contributed by atoms with van der Waals surface area (Å²) in [6, 6.07) is 17.3. The highest BCUT2D eigenvalue weighted by Crippen LogP contribution is 2.25. The van der Waals surface area contributed by atoms with Crippen molar-refractivity contribution >= 4 is 6.03 Å². The number of amides is 2. The number of nitrogens with one attached hydrogen (secondary N) is 2. The van der Waals surface area contributed by atoms with Crippen molar-refractivity contribution < 1.29 is 9.53 Å². The topological polar surface area (TPSA) is 50.4 Å². The van der Waals surface area contributed by atoms with E-state index >= 15 is 0 Å². The molecule has 3 rings (SSSR count). The third-order valence-corrected chi connectivity index (χ3v) is 3.01. The lowest BCUT2D eigenvalue weighted by Crippen LogP contribution is -2.21. The molecule has 4 nitrogen and oxygen atoms in total. The van der Waals surface area contributed by atoms with Crippen molar-refractivity contribution in [3.63, 3.8) is 0 Å². The van der Waals surface area contributed by atoms with Gasteiger partial charge in [0.2, 0.25) is 0 Å². The van der Waals surface area contributed by atoms with Crippen LogP contribution in [0.3, 0.4) is 0 Å². The molecule has 96 valence electrons. The van der Waals surface area contributed by atoms with Crippen LogP contribution in [0.2, 0.25) is 0 Å². The summed E-state index contributed by atoms with van der Waals surface area (Å²) in [6.07, 6.45) is 0. The summed E-state index contributed by atoms with van der Waals surface area (Å²) >= 11 is 0. The second-order valence-corrected chi connectivity index (χ2v) is 4.39. The van der Waals surface area contributed by atoms with Crippen molar-refractivity contribution in [3.05, 3.63) is 60.2 Å². The fraction of sp³-hybridized carbons (Fsp3) is 0.133. The van der Waals surface area contributed by atoms with Gasteiger partial charge >= 0.3 is 6.03 Å². The van der Waals surface area contributed by atoms with Crippen molar-refractivity contribution in [2.45, 2.75) is 6.04 Å². The number of ether oxygens (including phenoxy) is 1. The van der Waals surface area contributed by atoms with E-state index in [1.165, 1.54) is 0 Å². The highest BCUT2D eigenvalue weighted by Gasteiger charge is 2.21. The predicted molar refractivity (Wildman–Crippen MR) is 72.2 cm³/mol. The number of rotatable bonds is 3. The van der Waals surface area contributed by atoms with E-state index < -0.39 is 0 Å². The Balaban J connectivity index is 1.78. The first kappa shape index (κ1) is 11.6. The number of urea groups is 1. The molecule has 1 atom stereocenters. The van der Waals surface area contributed by atoms with E-state index in [0.29, 0.717) is 6.54 Å². The third kappa shape index (κ3) is 2.68. The van der Waals surface area contributed by atoms with Crippen LogP contribution < -0.4 is 15.4 Å². The maximum atomic E-state index is 11.1. The summed E-state index contributed by atoms with van der Waals surface area (Å²) < 4.78 is 5.77. The van der Waals surface area contributed by atoms with Gasteiger partial charge in [0.1, 0.15) is 11.5 Å². The monoisotopic (exact) mass is 254 g/mol. The number of carbonyl (C=O) groups is 1. The van der Waals surface area contributed by atoms with E-state index in [1.807, 2.05) is 54.6 Å². The van der Waals surface area contributed by atoms with E-state index in [-0.39, 0.29) is 12.1 Å². The van der Waals surface area contributed by atoms with Gasteiger partial charge in [-0.2, -0.15) is 0 Å². The van der Waals surface area contributed by atoms with E-state index in [0.717, 1.165) is 17.1 Å². The zero-order valence-corrected chi connectivity index (χ0v) is 10.3. The Morgan fingerprint density at radius 2 is 1.79 bits per heavy atom. The van der Waals surface area contributed by atoms with Gasteiger partial charge in [-0.1, -0.05) is 30.3 Å². The quantitative estimate of drug-likeness (QED) is 0.884. The van der Waals surface area contributed by atoms with E-state index in [2.05, 4.69) is 10.6 Å². The van der Waals surface area contributed by atoms with Gasteiger partial charge in [-0.3, -0.25) is 0 Å². The zero-order chi connectivity index (χ0) is 13.1. The van der Waals surface area contributed by atoms with Gasteiger partial charge in [0.25, 0.3) is 0 Å². The van der Waals surface area contributed by atoms with Gasteiger partial charge in [-0.05, 0) is 29.8 Å². The Morgan fingerprint density at radius 1 is 1.00 bits per heavy atom. The normalized spacial score (nSPS) is 17.7. The first-order valence-corrected chi connectivity index (χ1v) is 6.18. The summed E-state index contributed by atoms with van der Waals surface area (Å²) in [4.78, 5) is 11.1. The zero-order valence-electron chi connectivity index (χ0n) is 10.3. The van der Waals surface area contributed by atoms with Crippen molar-refractivity contribution in [1.29, 1.82) is 0 Å². The molecule has 2 aromatic carbocycles. The Bertz CT molecular complexity index is 584. The molecule has 1 heterocycles. The second kappa shape index (κ2) is 5.02. The van der Waals surface area contributed by atoms with Crippen molar-refractivity contribution in [2.24, 2.45) is 0 Å². The average Bonchev–Trinajstić information content (AvgIpc) is 2.87. The number of hydrogen-bond donors (Lipinski definition) is 2. The molecule has 2 amide bonds. The Hall–Kier alpha value is -2.49. The van der Waals surface area contributed by atoms with Gasteiger partial charge in [-0.25, -0.2) is 4.79 Å². The molecule has 0 aliphatic carbocycles. The molecule has 0 spiro atoms. The smallest absolute Gasteiger partial charge is 0.315 e. The molecule has 0 unspecified atom stereocenters. The van der Waals surface area contributed by atoms with Crippen LogP contribution in [0.5, 0.6) is 11.5 Å². The maximum absolute atomic E-state index is 11.1. The Kier molecular flexibility index (Phi) is 3.06. The van der Waals surface area contributed by atoms with Gasteiger partial charge in [0.05, 0.1) is 6.04 Å². The lowest BCUT2D eigenvalue weighted by molar-refractivity contribution is 0.247. The molecule has 1 aliphatic heterocycles. The Labute approximate surface area is 111 Å². The van der Waals surface area contributed by atoms with Crippen molar-refractivity contribution in [3.8, 4) is 11.5 Å². The molecule has 1 saturated heterocycles. The molecule has 1 aliphatic rings. The lowest BCUT2D eigenvalue weighted by Gasteiger charge is -2.11. The van der Waals surface area contributed by atoms with Crippen molar-refractivity contribution in [2.75, 3.05) is 6.54 Å². The molecular weight excluding hydrogens is 240 g/mol. The van der Waals surface area contributed by atoms with Crippen LogP contribution in [-0.2, 0) is 0 Å². The molecule has 0 saturated carbocycles. The molecule has 2 N–H and O–H groups in total. The molecule has 0 radical (unpaired) electrons. The van der Waals surface area contributed by atoms with Crippen LogP contribution in [-0.4, -0.2) is 12.6 Å². The fourth-order valence-electron chi connectivity index (χ4n) is 2.08. The number of carbonyl (C=O) groups excluding carboxylic acids is 1. The standard InChI is InChI=1S/C15H14N2O2/c18-15-16-10-14(17-15)11-5-4-8-13(9-11)19-12-6-2-1-3-7-12/h1-9,14H,10H2,(H2,16,17,18)/t14-/m0/s1. The summed E-state index contributed by atoms with van der Waals surface area (Å²) in [5, 5.41) is 5.60. The summed E-state index contributed by atoms with van der Waals surface area (Å²) in [5.74, 6) is 1.57. The first-order valence-electron chi connectivity index (χ1n) is 6.18. The SMILES string of the molecule is O=C1NC[C@@H](c2cccc(Oc3ccccc3)c2)N1. The van der Waals surface area contributed by atoms with E-state index in [9.17, 15) is 4.79 Å². The van der Waals surface area contributed by atoms with Crippen LogP contribution in [0.4, 0.5) is 4.79 Å². The molecule has 19 heavy (non-hydrogen) atoms. The first-order chi connectivity index (χ1) is 9.31. The third-order valence-electron chi connectivity index (χ3n) is 3.01. The molecular formula is C15H14N2O2. The number of benzene rings is 2. The van der Waals surface area contributed by atoms with E-state index in [4.69, 9.17) is 4.74 Å². The molecule has 0 aromatic heterocycles. The van der Waals surface area contributed by atoms with E-state index in [1.54, 1.807) is 0 Å². The van der Waals surface area contributed by atoms with Gasteiger partial charge < -0.3 is 15.4 Å². The molecule has 2 aromatic rings. The second-order valence-electron chi connectivity index (χ2n) is 4.39. The van der Waals surface area contributed by atoms with Gasteiger partial charge in [-0.15, -0.1) is 0 Å². The van der Waals surface area contributed by atoms with Crippen LogP contribution >= 0.6 is 0 Å². The predicted octanol–water partition coefficient (Wildman–Crippen LogP) is 2.83. The molecule has 0 bridgehead atoms. The summed E-state index contributed by atoms with van der Waals surface area (Å²) in [7, 11) is 0.